The van der Waals surface area contributed by atoms with Crippen LogP contribution >= 0.6 is 15.9 Å². The summed E-state index contributed by atoms with van der Waals surface area (Å²) in [6.45, 7) is 6.98. The van der Waals surface area contributed by atoms with Gasteiger partial charge in [0.1, 0.15) is 0 Å². The number of carbonyl (C=O) groups excluding carboxylic acids is 1. The van der Waals surface area contributed by atoms with Gasteiger partial charge in [0, 0.05) is 31.2 Å². The Morgan fingerprint density at radius 2 is 1.96 bits per heavy atom. The predicted molar refractivity (Wildman–Crippen MR) is 104 cm³/mol. The zero-order chi connectivity index (χ0) is 18.6. The first kappa shape index (κ1) is 20.9. The van der Waals surface area contributed by atoms with Crippen LogP contribution in [0.2, 0.25) is 0 Å². The lowest BCUT2D eigenvalue weighted by Crippen LogP contribution is -2.53. The molecule has 1 amide bonds. The molecule has 2 unspecified atom stereocenters. The van der Waals surface area contributed by atoms with Crippen molar-refractivity contribution in [2.24, 2.45) is 5.92 Å². The molecule has 0 spiro atoms. The van der Waals surface area contributed by atoms with Crippen LogP contribution in [-0.2, 0) is 14.3 Å². The molecule has 0 bridgehead atoms. The fourth-order valence-corrected chi connectivity index (χ4v) is 4.34. The van der Waals surface area contributed by atoms with Crippen molar-refractivity contribution in [1.82, 2.24) is 10.2 Å². The van der Waals surface area contributed by atoms with E-state index in [1.807, 2.05) is 13.1 Å². The second-order valence-corrected chi connectivity index (χ2v) is 8.27. The first-order valence-corrected chi connectivity index (χ1v) is 10.2. The average Bonchev–Trinajstić information content (AvgIpc) is 2.63. The smallest absolute Gasteiger partial charge is 0.261 e. The molecule has 2 aliphatic rings. The average molecular weight is 417 g/mol. The Morgan fingerprint density at radius 1 is 1.32 bits per heavy atom. The largest absolute Gasteiger partial charge is 0.381 e. The van der Waals surface area contributed by atoms with E-state index >= 15 is 0 Å². The molecule has 1 aliphatic carbocycles. The van der Waals surface area contributed by atoms with E-state index < -0.39 is 0 Å². The number of nitrogens with zero attached hydrogens (tertiary/aromatic N) is 1. The summed E-state index contributed by atoms with van der Waals surface area (Å²) in [5.41, 5.74) is 0. The van der Waals surface area contributed by atoms with Crippen LogP contribution in [0.5, 0.6) is 0 Å². The van der Waals surface area contributed by atoms with E-state index in [9.17, 15) is 4.79 Å². The highest BCUT2D eigenvalue weighted by atomic mass is 79.9. The van der Waals surface area contributed by atoms with Crippen molar-refractivity contribution in [2.75, 3.05) is 20.8 Å². The molecule has 6 heteroatoms. The number of halogens is 1. The molecular formula is C19H33BrN2O3. The van der Waals surface area contributed by atoms with Gasteiger partial charge in [0.2, 0.25) is 0 Å². The number of hydrogen-bond acceptors (Lipinski definition) is 4. The first-order chi connectivity index (χ1) is 11.9. The Hall–Kier alpha value is -0.430. The number of ether oxygens (including phenoxy) is 2. The van der Waals surface area contributed by atoms with Crippen molar-refractivity contribution < 1.29 is 14.3 Å². The molecule has 1 N–H and O–H groups in total. The van der Waals surface area contributed by atoms with Gasteiger partial charge in [-0.1, -0.05) is 6.08 Å². The van der Waals surface area contributed by atoms with Crippen molar-refractivity contribution >= 4 is 21.8 Å². The quantitative estimate of drug-likeness (QED) is 0.692. The normalized spacial score (nSPS) is 33.1. The van der Waals surface area contributed by atoms with Crippen LogP contribution < -0.4 is 5.32 Å². The Labute approximate surface area is 160 Å². The highest BCUT2D eigenvalue weighted by Gasteiger charge is 2.38. The third kappa shape index (κ3) is 5.06. The van der Waals surface area contributed by atoms with Gasteiger partial charge in [0.05, 0.1) is 23.3 Å². The van der Waals surface area contributed by atoms with E-state index in [1.165, 1.54) is 0 Å². The monoisotopic (exact) mass is 416 g/mol. The fraction of sp³-hybridized carbons (Fsp3) is 0.842. The van der Waals surface area contributed by atoms with E-state index in [-0.39, 0.29) is 24.0 Å². The molecule has 0 aromatic rings. The molecule has 1 aliphatic heterocycles. The molecule has 0 radical (unpaired) electrons. The zero-order valence-electron chi connectivity index (χ0n) is 16.1. The minimum atomic E-state index is 0.112. The van der Waals surface area contributed by atoms with Gasteiger partial charge in [0.15, 0.2) is 0 Å². The molecule has 2 rings (SSSR count). The third-order valence-electron chi connectivity index (χ3n) is 5.94. The summed E-state index contributed by atoms with van der Waals surface area (Å²) in [4.78, 5) is 14.8. The molecule has 25 heavy (non-hydrogen) atoms. The van der Waals surface area contributed by atoms with Crippen molar-refractivity contribution in [3.05, 3.63) is 10.6 Å². The molecule has 0 aromatic heterocycles. The van der Waals surface area contributed by atoms with E-state index in [4.69, 9.17) is 9.47 Å². The molecule has 1 fully saturated rings. The van der Waals surface area contributed by atoms with Crippen LogP contribution in [0.1, 0.15) is 46.5 Å². The molecular weight excluding hydrogens is 384 g/mol. The lowest BCUT2D eigenvalue weighted by atomic mass is 9.87. The van der Waals surface area contributed by atoms with Gasteiger partial charge < -0.3 is 19.7 Å². The van der Waals surface area contributed by atoms with Gasteiger partial charge in [-0.05, 0) is 69.4 Å². The maximum absolute atomic E-state index is 12.8. The SMILES string of the molecule is CN[C@H](C)[C@@H](C)OCC1C=C(Br)C(=O)N(C2CCC(OC)CC2)C1C. The standard InChI is InChI=1S/C19H33BrN2O3/c1-12(21-4)14(3)25-11-15-10-18(20)19(23)22(13(15)2)16-6-8-17(24-5)9-7-16/h10,12-17,21H,6-9,11H2,1-5H3/t12-,13?,14-,15?,16?,17?/m1/s1. The Bertz CT molecular complexity index is 477. The molecule has 4 atom stereocenters. The van der Waals surface area contributed by atoms with Crippen LogP contribution in [0.25, 0.3) is 0 Å². The van der Waals surface area contributed by atoms with Crippen LogP contribution in [0.3, 0.4) is 0 Å². The predicted octanol–water partition coefficient (Wildman–Crippen LogP) is 3.08. The van der Waals surface area contributed by atoms with Crippen molar-refractivity contribution in [1.29, 1.82) is 0 Å². The van der Waals surface area contributed by atoms with Gasteiger partial charge in [-0.2, -0.15) is 0 Å². The highest BCUT2D eigenvalue weighted by molar-refractivity contribution is 9.12. The summed E-state index contributed by atoms with van der Waals surface area (Å²) in [7, 11) is 3.72. The second-order valence-electron chi connectivity index (χ2n) is 7.41. The van der Waals surface area contributed by atoms with E-state index in [0.717, 1.165) is 25.7 Å². The van der Waals surface area contributed by atoms with Gasteiger partial charge in [0.25, 0.3) is 5.91 Å². The molecule has 144 valence electrons. The van der Waals surface area contributed by atoms with E-state index in [0.29, 0.717) is 29.3 Å². The summed E-state index contributed by atoms with van der Waals surface area (Å²) < 4.78 is 12.2. The Kier molecular flexibility index (Phi) is 7.92. The maximum Gasteiger partial charge on any atom is 0.261 e. The number of amides is 1. The van der Waals surface area contributed by atoms with Crippen molar-refractivity contribution in [3.8, 4) is 0 Å². The minimum Gasteiger partial charge on any atom is -0.381 e. The second kappa shape index (κ2) is 9.49. The van der Waals surface area contributed by atoms with Crippen LogP contribution in [-0.4, -0.2) is 61.9 Å². The molecule has 5 nitrogen and oxygen atoms in total. The van der Waals surface area contributed by atoms with Gasteiger partial charge >= 0.3 is 0 Å². The number of hydrogen-bond donors (Lipinski definition) is 1. The molecule has 1 saturated carbocycles. The van der Waals surface area contributed by atoms with Gasteiger partial charge in [-0.15, -0.1) is 0 Å². The summed E-state index contributed by atoms with van der Waals surface area (Å²) in [5.74, 6) is 0.319. The number of rotatable bonds is 7. The third-order valence-corrected chi connectivity index (χ3v) is 6.54. The summed E-state index contributed by atoms with van der Waals surface area (Å²) >= 11 is 3.48. The molecule has 0 aromatic carbocycles. The lowest BCUT2D eigenvalue weighted by Gasteiger charge is -2.44. The summed E-state index contributed by atoms with van der Waals surface area (Å²) in [6, 6.07) is 0.745. The Morgan fingerprint density at radius 3 is 2.52 bits per heavy atom. The van der Waals surface area contributed by atoms with Crippen LogP contribution in [0, 0.1) is 5.92 Å². The van der Waals surface area contributed by atoms with Gasteiger partial charge in [-0.3, -0.25) is 4.79 Å². The number of carbonyl (C=O) groups is 1. The minimum absolute atomic E-state index is 0.112. The first-order valence-electron chi connectivity index (χ1n) is 9.40. The number of methoxy groups -OCH3 is 1. The molecule has 0 saturated heterocycles. The topological polar surface area (TPSA) is 50.8 Å². The van der Waals surface area contributed by atoms with Crippen molar-refractivity contribution in [3.63, 3.8) is 0 Å². The zero-order valence-corrected chi connectivity index (χ0v) is 17.7. The van der Waals surface area contributed by atoms with E-state index in [1.54, 1.807) is 7.11 Å². The maximum atomic E-state index is 12.8. The van der Waals surface area contributed by atoms with Gasteiger partial charge in [-0.25, -0.2) is 0 Å². The molecule has 1 heterocycles. The summed E-state index contributed by atoms with van der Waals surface area (Å²) in [5, 5.41) is 3.22. The van der Waals surface area contributed by atoms with Crippen LogP contribution in [0.4, 0.5) is 0 Å². The lowest BCUT2D eigenvalue weighted by molar-refractivity contribution is -0.135. The summed E-state index contributed by atoms with van der Waals surface area (Å²) in [6.07, 6.45) is 6.57. The number of nitrogens with one attached hydrogen (secondary N) is 1. The fourth-order valence-electron chi connectivity index (χ4n) is 3.80. The Balaban J connectivity index is 2.02. The van der Waals surface area contributed by atoms with Crippen LogP contribution in [0.15, 0.2) is 10.6 Å². The van der Waals surface area contributed by atoms with E-state index in [2.05, 4.69) is 46.9 Å². The number of likely N-dealkylation sites (N-methyl/N-ethyl adjacent to an activating group) is 1. The van der Waals surface area contributed by atoms with Crippen molar-refractivity contribution in [2.45, 2.75) is 76.8 Å². The highest BCUT2D eigenvalue weighted by Crippen LogP contribution is 2.34.